The van der Waals surface area contributed by atoms with Crippen molar-refractivity contribution in [3.05, 3.63) is 41.5 Å². The maximum absolute atomic E-state index is 12.8. The van der Waals surface area contributed by atoms with Gasteiger partial charge in [-0.05, 0) is 39.0 Å². The first-order valence-corrected chi connectivity index (χ1v) is 8.79. The molecule has 1 aromatic rings. The molecule has 3 rings (SSSR count). The zero-order valence-corrected chi connectivity index (χ0v) is 13.9. The maximum atomic E-state index is 12.8. The maximum Gasteiger partial charge on any atom is 0.243 e. The van der Waals surface area contributed by atoms with Gasteiger partial charge in [-0.1, -0.05) is 23.3 Å². The molecule has 0 aliphatic carbocycles. The molecule has 2 heterocycles. The fourth-order valence-electron chi connectivity index (χ4n) is 2.90. The number of fused-ring (bicyclic) bond motifs is 2. The molecule has 2 aliphatic heterocycles. The van der Waals surface area contributed by atoms with E-state index in [0.29, 0.717) is 18.0 Å². The van der Waals surface area contributed by atoms with Crippen LogP contribution in [-0.2, 0) is 19.5 Å². The highest BCUT2D eigenvalue weighted by Crippen LogP contribution is 2.35. The molecule has 0 spiro atoms. The lowest BCUT2D eigenvalue weighted by Gasteiger charge is -2.36. The lowest BCUT2D eigenvalue weighted by atomic mass is 10.1. The van der Waals surface area contributed by atoms with Crippen LogP contribution in [0.2, 0.25) is 0 Å². The number of aryl methyl sites for hydroxylation is 1. The minimum Gasteiger partial charge on any atom is -0.342 e. The first kappa shape index (κ1) is 15.7. The van der Waals surface area contributed by atoms with Crippen LogP contribution in [0.25, 0.3) is 0 Å². The number of morpholine rings is 1. The Morgan fingerprint density at radius 3 is 2.64 bits per heavy atom. The Morgan fingerprint density at radius 1 is 1.32 bits per heavy atom. The zero-order chi connectivity index (χ0) is 16.0. The number of nitrogens with zero attached hydrogens (tertiary/aromatic N) is 1. The second-order valence-corrected chi connectivity index (χ2v) is 8.13. The van der Waals surface area contributed by atoms with Crippen molar-refractivity contribution in [1.82, 2.24) is 4.31 Å². The number of hydrogen-bond acceptors (Lipinski definition) is 4. The van der Waals surface area contributed by atoms with E-state index in [1.807, 2.05) is 39.0 Å². The van der Waals surface area contributed by atoms with Crippen LogP contribution < -0.4 is 0 Å². The lowest BCUT2D eigenvalue weighted by molar-refractivity contribution is -0.156. The number of sulfonamides is 1. The molecule has 2 unspecified atom stereocenters. The molecular weight excluding hydrogens is 302 g/mol. The smallest absolute Gasteiger partial charge is 0.243 e. The Hall–Kier alpha value is -1.21. The van der Waals surface area contributed by atoms with Crippen molar-refractivity contribution < 1.29 is 17.9 Å². The van der Waals surface area contributed by atoms with Gasteiger partial charge in [-0.3, -0.25) is 0 Å². The van der Waals surface area contributed by atoms with Gasteiger partial charge in [-0.25, -0.2) is 8.42 Å². The molecule has 120 valence electrons. The Kier molecular flexibility index (Phi) is 3.89. The standard InChI is InChI=1S/C16H21NO4S/c1-12(2)8-16-11-17(9-14(21-16)10-20-16)22(18,19)15-6-4-13(3)5-7-15/h4-8,14H,9-11H2,1-3H3. The normalized spacial score (nSPS) is 28.6. The number of hydrogen-bond donors (Lipinski definition) is 0. The van der Waals surface area contributed by atoms with E-state index in [1.165, 1.54) is 4.31 Å². The highest BCUT2D eigenvalue weighted by Gasteiger charge is 2.49. The van der Waals surface area contributed by atoms with Gasteiger partial charge in [0, 0.05) is 6.54 Å². The quantitative estimate of drug-likeness (QED) is 0.799. The Morgan fingerprint density at radius 2 is 2.00 bits per heavy atom. The van der Waals surface area contributed by atoms with Gasteiger partial charge < -0.3 is 9.47 Å². The van der Waals surface area contributed by atoms with Gasteiger partial charge in [0.25, 0.3) is 0 Å². The van der Waals surface area contributed by atoms with Crippen LogP contribution in [0.5, 0.6) is 0 Å². The summed E-state index contributed by atoms with van der Waals surface area (Å²) in [4.78, 5) is 0.312. The number of allylic oxidation sites excluding steroid dienone is 1. The largest absolute Gasteiger partial charge is 0.342 e. The van der Waals surface area contributed by atoms with E-state index in [9.17, 15) is 8.42 Å². The van der Waals surface area contributed by atoms with Crippen molar-refractivity contribution in [1.29, 1.82) is 0 Å². The topological polar surface area (TPSA) is 55.8 Å². The minimum atomic E-state index is -3.53. The molecule has 1 aromatic carbocycles. The van der Waals surface area contributed by atoms with Gasteiger partial charge in [-0.15, -0.1) is 0 Å². The highest BCUT2D eigenvalue weighted by atomic mass is 32.2. The van der Waals surface area contributed by atoms with Gasteiger partial charge >= 0.3 is 0 Å². The fourth-order valence-corrected chi connectivity index (χ4v) is 4.39. The SMILES string of the molecule is CC(C)=CC12CN(S(=O)(=O)c3ccc(C)cc3)CC(CO1)O2. The molecule has 2 saturated heterocycles. The lowest BCUT2D eigenvalue weighted by Crippen LogP contribution is -2.52. The van der Waals surface area contributed by atoms with Crippen molar-refractivity contribution in [3.63, 3.8) is 0 Å². The average Bonchev–Trinajstić information content (AvgIpc) is 2.72. The average molecular weight is 323 g/mol. The first-order chi connectivity index (χ1) is 10.3. The third kappa shape index (κ3) is 2.84. The van der Waals surface area contributed by atoms with Crippen LogP contribution in [-0.4, -0.2) is 44.3 Å². The van der Waals surface area contributed by atoms with Crippen molar-refractivity contribution in [2.45, 2.75) is 37.6 Å². The number of rotatable bonds is 3. The molecule has 22 heavy (non-hydrogen) atoms. The molecule has 2 aliphatic rings. The van der Waals surface area contributed by atoms with Crippen LogP contribution in [0.3, 0.4) is 0 Å². The molecule has 2 fully saturated rings. The summed E-state index contributed by atoms with van der Waals surface area (Å²) in [6.07, 6.45) is 1.65. The van der Waals surface area contributed by atoms with E-state index >= 15 is 0 Å². The summed E-state index contributed by atoms with van der Waals surface area (Å²) in [6.45, 7) is 6.76. The van der Waals surface area contributed by atoms with Gasteiger partial charge in [0.05, 0.1) is 24.2 Å². The summed E-state index contributed by atoms with van der Waals surface area (Å²) in [5.74, 6) is -0.945. The van der Waals surface area contributed by atoms with E-state index < -0.39 is 15.8 Å². The summed E-state index contributed by atoms with van der Waals surface area (Å²) in [5, 5.41) is 0. The Labute approximate surface area is 131 Å². The minimum absolute atomic E-state index is 0.185. The summed E-state index contributed by atoms with van der Waals surface area (Å²) in [7, 11) is -3.53. The Bertz CT molecular complexity index is 691. The van der Waals surface area contributed by atoms with Crippen LogP contribution >= 0.6 is 0 Å². The van der Waals surface area contributed by atoms with Gasteiger partial charge in [0.2, 0.25) is 15.8 Å². The third-order valence-electron chi connectivity index (χ3n) is 3.85. The second kappa shape index (κ2) is 5.45. The van der Waals surface area contributed by atoms with Crippen LogP contribution in [0, 0.1) is 6.92 Å². The molecule has 2 bridgehead atoms. The van der Waals surface area contributed by atoms with E-state index in [0.717, 1.165) is 11.1 Å². The fraction of sp³-hybridized carbons (Fsp3) is 0.500. The summed E-state index contributed by atoms with van der Waals surface area (Å²) in [5.41, 5.74) is 2.07. The summed E-state index contributed by atoms with van der Waals surface area (Å²) in [6, 6.07) is 6.92. The molecule has 5 nitrogen and oxygen atoms in total. The molecule has 0 saturated carbocycles. The van der Waals surface area contributed by atoms with E-state index in [4.69, 9.17) is 9.47 Å². The van der Waals surface area contributed by atoms with Crippen molar-refractivity contribution >= 4 is 10.0 Å². The molecule has 0 N–H and O–H groups in total. The predicted molar refractivity (Wildman–Crippen MR) is 82.9 cm³/mol. The predicted octanol–water partition coefficient (Wildman–Crippen LogP) is 2.08. The molecule has 0 amide bonds. The van der Waals surface area contributed by atoms with Crippen molar-refractivity contribution in [2.75, 3.05) is 19.7 Å². The van der Waals surface area contributed by atoms with Crippen LogP contribution in [0.4, 0.5) is 0 Å². The molecular formula is C16H21NO4S. The van der Waals surface area contributed by atoms with Gasteiger partial charge in [0.15, 0.2) is 0 Å². The van der Waals surface area contributed by atoms with Crippen molar-refractivity contribution in [2.24, 2.45) is 0 Å². The third-order valence-corrected chi connectivity index (χ3v) is 5.68. The number of benzene rings is 1. The van der Waals surface area contributed by atoms with E-state index in [2.05, 4.69) is 0 Å². The highest BCUT2D eigenvalue weighted by molar-refractivity contribution is 7.89. The van der Waals surface area contributed by atoms with E-state index in [-0.39, 0.29) is 12.6 Å². The number of ether oxygens (including phenoxy) is 2. The van der Waals surface area contributed by atoms with Gasteiger partial charge in [0.1, 0.15) is 0 Å². The monoisotopic (exact) mass is 323 g/mol. The molecule has 0 aromatic heterocycles. The summed E-state index contributed by atoms with van der Waals surface area (Å²) >= 11 is 0. The second-order valence-electron chi connectivity index (χ2n) is 6.19. The van der Waals surface area contributed by atoms with E-state index in [1.54, 1.807) is 12.1 Å². The van der Waals surface area contributed by atoms with Gasteiger partial charge in [-0.2, -0.15) is 4.31 Å². The molecule has 0 radical (unpaired) electrons. The van der Waals surface area contributed by atoms with Crippen LogP contribution in [0.1, 0.15) is 19.4 Å². The van der Waals surface area contributed by atoms with Crippen LogP contribution in [0.15, 0.2) is 40.8 Å². The van der Waals surface area contributed by atoms with Crippen molar-refractivity contribution in [3.8, 4) is 0 Å². The molecule has 2 atom stereocenters. The summed E-state index contributed by atoms with van der Waals surface area (Å²) < 4.78 is 38.8. The first-order valence-electron chi connectivity index (χ1n) is 7.35. The zero-order valence-electron chi connectivity index (χ0n) is 13.1. The molecule has 6 heteroatoms. The Balaban J connectivity index is 1.92.